The Balaban J connectivity index is 2.02. The summed E-state index contributed by atoms with van der Waals surface area (Å²) in [5.41, 5.74) is 5.85. The number of carbonyl (C=O) groups excluding carboxylic acids is 1. The van der Waals surface area contributed by atoms with Gasteiger partial charge in [0.2, 0.25) is 5.91 Å². The summed E-state index contributed by atoms with van der Waals surface area (Å²) in [5, 5.41) is 3.89. The Hall–Kier alpha value is -1.63. The number of sulfone groups is 1. The van der Waals surface area contributed by atoms with E-state index in [1.165, 1.54) is 19.8 Å². The van der Waals surface area contributed by atoms with Crippen LogP contribution in [0.25, 0.3) is 6.08 Å². The second kappa shape index (κ2) is 5.63. The summed E-state index contributed by atoms with van der Waals surface area (Å²) in [6.07, 6.45) is 7.79. The third-order valence-corrected chi connectivity index (χ3v) is 5.97. The topological polar surface area (TPSA) is 103 Å². The van der Waals surface area contributed by atoms with Gasteiger partial charge in [-0.1, -0.05) is 11.2 Å². The van der Waals surface area contributed by atoms with E-state index in [1.54, 1.807) is 6.07 Å². The minimum absolute atomic E-state index is 0.0828. The molecule has 6 nitrogen and oxygen atoms in total. The highest BCUT2D eigenvalue weighted by atomic mass is 32.2. The predicted molar refractivity (Wildman–Crippen MR) is 79.0 cm³/mol. The van der Waals surface area contributed by atoms with Gasteiger partial charge in [-0.3, -0.25) is 4.79 Å². The van der Waals surface area contributed by atoms with Crippen LogP contribution >= 0.6 is 0 Å². The number of nitrogens with zero attached hydrogens (tertiary/aromatic N) is 1. The minimum Gasteiger partial charge on any atom is -0.368 e. The van der Waals surface area contributed by atoms with E-state index in [0.717, 1.165) is 6.26 Å². The van der Waals surface area contributed by atoms with E-state index in [9.17, 15) is 13.2 Å². The lowest BCUT2D eigenvalue weighted by molar-refractivity contribution is -0.120. The highest BCUT2D eigenvalue weighted by molar-refractivity contribution is 7.92. The molecule has 1 aliphatic carbocycles. The van der Waals surface area contributed by atoms with Crippen molar-refractivity contribution in [3.05, 3.63) is 23.6 Å². The zero-order chi connectivity index (χ0) is 15.7. The number of hydrogen-bond donors (Lipinski definition) is 1. The number of nitrogens with two attached hydrogens (primary N) is 1. The Kier molecular flexibility index (Phi) is 4.22. The van der Waals surface area contributed by atoms with Crippen LogP contribution in [0.3, 0.4) is 0 Å². The Morgan fingerprint density at radius 2 is 2.24 bits per heavy atom. The smallest absolute Gasteiger partial charge is 0.238 e. The van der Waals surface area contributed by atoms with Gasteiger partial charge < -0.3 is 10.3 Å². The third-order valence-electron chi connectivity index (χ3n) is 3.93. The van der Waals surface area contributed by atoms with Crippen molar-refractivity contribution in [1.29, 1.82) is 0 Å². The quantitative estimate of drug-likeness (QED) is 0.817. The zero-order valence-corrected chi connectivity index (χ0v) is 13.0. The van der Waals surface area contributed by atoms with Gasteiger partial charge in [0.25, 0.3) is 0 Å². The highest BCUT2D eigenvalue weighted by Crippen LogP contribution is 2.31. The number of amides is 1. The van der Waals surface area contributed by atoms with E-state index in [1.807, 2.05) is 6.08 Å². The molecule has 1 unspecified atom stereocenters. The van der Waals surface area contributed by atoms with E-state index in [-0.39, 0.29) is 6.42 Å². The van der Waals surface area contributed by atoms with E-state index in [0.29, 0.717) is 23.8 Å². The van der Waals surface area contributed by atoms with Crippen molar-refractivity contribution in [2.24, 2.45) is 11.7 Å². The number of primary amides is 1. The fourth-order valence-electron chi connectivity index (χ4n) is 1.90. The normalized spacial score (nSPS) is 18.8. The molecule has 1 aliphatic rings. The average molecular weight is 312 g/mol. The number of aromatic nitrogens is 1. The van der Waals surface area contributed by atoms with Gasteiger partial charge in [-0.2, -0.15) is 0 Å². The van der Waals surface area contributed by atoms with E-state index in [4.69, 9.17) is 10.3 Å². The van der Waals surface area contributed by atoms with Gasteiger partial charge in [-0.05, 0) is 44.6 Å². The van der Waals surface area contributed by atoms with Crippen LogP contribution in [0.4, 0.5) is 0 Å². The maximum Gasteiger partial charge on any atom is 0.238 e. The van der Waals surface area contributed by atoms with Crippen LogP contribution < -0.4 is 5.73 Å². The van der Waals surface area contributed by atoms with Gasteiger partial charge >= 0.3 is 0 Å². The summed E-state index contributed by atoms with van der Waals surface area (Å²) in [4.78, 5) is 11.5. The number of carbonyl (C=O) groups is 1. The summed E-state index contributed by atoms with van der Waals surface area (Å²) in [7, 11) is -3.59. The van der Waals surface area contributed by atoms with Crippen LogP contribution in [-0.4, -0.2) is 30.5 Å². The molecule has 0 saturated heterocycles. The molecule has 2 rings (SSSR count). The summed E-state index contributed by atoms with van der Waals surface area (Å²) in [5.74, 6) is 0.432. The zero-order valence-electron chi connectivity index (χ0n) is 12.2. The first-order valence-corrected chi connectivity index (χ1v) is 8.75. The molecule has 1 heterocycles. The van der Waals surface area contributed by atoms with Gasteiger partial charge in [0.05, 0.1) is 5.69 Å². The van der Waals surface area contributed by atoms with E-state index in [2.05, 4.69) is 11.2 Å². The third kappa shape index (κ3) is 3.72. The first-order chi connectivity index (χ1) is 9.72. The van der Waals surface area contributed by atoms with Crippen molar-refractivity contribution >= 4 is 21.8 Å². The van der Waals surface area contributed by atoms with E-state index < -0.39 is 20.5 Å². The van der Waals surface area contributed by atoms with Crippen LogP contribution in [0.5, 0.6) is 0 Å². The van der Waals surface area contributed by atoms with Crippen molar-refractivity contribution < 1.29 is 17.7 Å². The summed E-state index contributed by atoms with van der Waals surface area (Å²) >= 11 is 0. The highest BCUT2D eigenvalue weighted by Gasteiger charge is 2.41. The van der Waals surface area contributed by atoms with Gasteiger partial charge in [-0.15, -0.1) is 0 Å². The van der Waals surface area contributed by atoms with Gasteiger partial charge in [0.1, 0.15) is 4.75 Å². The SMILES string of the molecule is CC(CCc1cc(/C=C/C2CC2)on1)(C(N)=O)S(C)(=O)=O. The molecular formula is C14H20N2O4S. The molecule has 1 aromatic heterocycles. The standard InChI is InChI=1S/C14H20N2O4S/c1-14(13(15)17,21(2,18)19)8-7-11-9-12(20-16-11)6-5-10-3-4-10/h5-6,9-10H,3-4,7-8H2,1-2H3,(H2,15,17)/b6-5+. The first kappa shape index (κ1) is 15.8. The van der Waals surface area contributed by atoms with E-state index >= 15 is 0 Å². The largest absolute Gasteiger partial charge is 0.368 e. The molecule has 1 amide bonds. The van der Waals surface area contributed by atoms with Crippen LogP contribution in [0.15, 0.2) is 16.7 Å². The molecule has 7 heteroatoms. The number of rotatable bonds is 7. The van der Waals surface area contributed by atoms with Crippen LogP contribution in [0, 0.1) is 5.92 Å². The number of hydrogen-bond acceptors (Lipinski definition) is 5. The van der Waals surface area contributed by atoms with Crippen LogP contribution in [-0.2, 0) is 21.1 Å². The lowest BCUT2D eigenvalue weighted by atomic mass is 10.0. The van der Waals surface area contributed by atoms with Gasteiger partial charge in [0.15, 0.2) is 15.6 Å². The molecule has 1 aromatic rings. The monoisotopic (exact) mass is 312 g/mol. The summed E-state index contributed by atoms with van der Waals surface area (Å²) < 4.78 is 27.1. The van der Waals surface area contributed by atoms with Crippen LogP contribution in [0.2, 0.25) is 0 Å². The molecule has 21 heavy (non-hydrogen) atoms. The molecule has 1 fully saturated rings. The fourth-order valence-corrected chi connectivity index (χ4v) is 2.74. The number of aryl methyl sites for hydroxylation is 1. The lowest BCUT2D eigenvalue weighted by Crippen LogP contribution is -2.47. The lowest BCUT2D eigenvalue weighted by Gasteiger charge is -2.23. The molecule has 116 valence electrons. The Bertz CT molecular complexity index is 658. The molecule has 1 atom stereocenters. The Morgan fingerprint density at radius 1 is 1.57 bits per heavy atom. The minimum atomic E-state index is -3.59. The molecule has 0 bridgehead atoms. The molecule has 2 N–H and O–H groups in total. The number of allylic oxidation sites excluding steroid dienone is 1. The molecule has 0 radical (unpaired) electrons. The van der Waals surface area contributed by atoms with Crippen molar-refractivity contribution in [3.8, 4) is 0 Å². The fraction of sp³-hybridized carbons (Fsp3) is 0.571. The second-order valence-corrected chi connectivity index (χ2v) is 8.23. The maximum atomic E-state index is 11.7. The molecule has 0 aliphatic heterocycles. The van der Waals surface area contributed by atoms with Crippen molar-refractivity contribution in [3.63, 3.8) is 0 Å². The Labute approximate surface area is 124 Å². The van der Waals surface area contributed by atoms with Crippen molar-refractivity contribution in [2.75, 3.05) is 6.26 Å². The van der Waals surface area contributed by atoms with Crippen molar-refractivity contribution in [2.45, 2.75) is 37.4 Å². The summed E-state index contributed by atoms with van der Waals surface area (Å²) in [6, 6.07) is 1.75. The molecular weight excluding hydrogens is 292 g/mol. The Morgan fingerprint density at radius 3 is 2.76 bits per heavy atom. The van der Waals surface area contributed by atoms with Gasteiger partial charge in [-0.25, -0.2) is 8.42 Å². The predicted octanol–water partition coefficient (Wildman–Crippen LogP) is 1.32. The maximum absolute atomic E-state index is 11.7. The molecule has 0 spiro atoms. The average Bonchev–Trinajstić information content (AvgIpc) is 3.10. The molecule has 1 saturated carbocycles. The van der Waals surface area contributed by atoms with Gasteiger partial charge in [0, 0.05) is 12.3 Å². The second-order valence-electron chi connectivity index (χ2n) is 5.78. The summed E-state index contributed by atoms with van der Waals surface area (Å²) in [6.45, 7) is 1.35. The molecule has 0 aromatic carbocycles. The first-order valence-electron chi connectivity index (χ1n) is 6.86. The van der Waals surface area contributed by atoms with Crippen LogP contribution in [0.1, 0.15) is 37.6 Å². The van der Waals surface area contributed by atoms with Crippen molar-refractivity contribution in [1.82, 2.24) is 5.16 Å².